The molecule has 2 amide bonds. The molecule has 1 saturated heterocycles. The zero-order chi connectivity index (χ0) is 19.3. The van der Waals surface area contributed by atoms with Gasteiger partial charge in [-0.1, -0.05) is 29.8 Å². The molecule has 1 aliphatic heterocycles. The molecule has 2 unspecified atom stereocenters. The third-order valence-electron chi connectivity index (χ3n) is 4.38. The van der Waals surface area contributed by atoms with Crippen molar-refractivity contribution in [1.29, 1.82) is 0 Å². The quantitative estimate of drug-likeness (QED) is 0.873. The first kappa shape index (κ1) is 20.2. The normalized spacial score (nSPS) is 18.5. The molecule has 6 heteroatoms. The predicted molar refractivity (Wildman–Crippen MR) is 99.9 cm³/mol. The van der Waals surface area contributed by atoms with Crippen LogP contribution in [0.2, 0.25) is 0 Å². The smallest absolute Gasteiger partial charge is 0.410 e. The number of methoxy groups -OCH3 is 1. The number of aryl methyl sites for hydroxylation is 1. The minimum Gasteiger partial charge on any atom is -0.444 e. The van der Waals surface area contributed by atoms with E-state index in [1.54, 1.807) is 7.11 Å². The number of likely N-dealkylation sites (tertiary alicyclic amines) is 1. The summed E-state index contributed by atoms with van der Waals surface area (Å²) in [7, 11) is 1.62. The van der Waals surface area contributed by atoms with Gasteiger partial charge < -0.3 is 14.8 Å². The maximum Gasteiger partial charge on any atom is 0.410 e. The van der Waals surface area contributed by atoms with Crippen LogP contribution in [0.5, 0.6) is 0 Å². The number of hydrogen-bond acceptors (Lipinski definition) is 4. The molecule has 0 spiro atoms. The molecule has 1 aromatic carbocycles. The van der Waals surface area contributed by atoms with Crippen molar-refractivity contribution < 1.29 is 19.1 Å². The van der Waals surface area contributed by atoms with Crippen LogP contribution in [0.1, 0.15) is 50.8 Å². The minimum atomic E-state index is -0.576. The van der Waals surface area contributed by atoms with E-state index in [9.17, 15) is 9.59 Å². The Morgan fingerprint density at radius 2 is 1.92 bits per heavy atom. The summed E-state index contributed by atoms with van der Waals surface area (Å²) in [4.78, 5) is 26.5. The molecule has 0 saturated carbocycles. The van der Waals surface area contributed by atoms with E-state index in [-0.39, 0.29) is 12.0 Å². The van der Waals surface area contributed by atoms with Crippen molar-refractivity contribution >= 4 is 12.0 Å². The molecule has 0 aliphatic carbocycles. The number of hydrogen-bond donors (Lipinski definition) is 1. The Balaban J connectivity index is 1.95. The predicted octanol–water partition coefficient (Wildman–Crippen LogP) is 3.20. The highest BCUT2D eigenvalue weighted by atomic mass is 16.6. The lowest BCUT2D eigenvalue weighted by atomic mass is 10.1. The fourth-order valence-corrected chi connectivity index (χ4v) is 3.01. The average Bonchev–Trinajstić information content (AvgIpc) is 3.05. The first-order valence-corrected chi connectivity index (χ1v) is 9.08. The molecule has 0 radical (unpaired) electrons. The zero-order valence-corrected chi connectivity index (χ0v) is 16.4. The van der Waals surface area contributed by atoms with E-state index >= 15 is 0 Å². The van der Waals surface area contributed by atoms with Gasteiger partial charge in [0.25, 0.3) is 0 Å². The van der Waals surface area contributed by atoms with Crippen LogP contribution in [0.4, 0.5) is 4.79 Å². The monoisotopic (exact) mass is 362 g/mol. The summed E-state index contributed by atoms with van der Waals surface area (Å²) in [5, 5.41) is 2.92. The first-order chi connectivity index (χ1) is 12.2. The number of carbonyl (C=O) groups excluding carboxylic acids is 2. The van der Waals surface area contributed by atoms with E-state index in [4.69, 9.17) is 9.47 Å². The van der Waals surface area contributed by atoms with Gasteiger partial charge in [-0.15, -0.1) is 0 Å². The lowest BCUT2D eigenvalue weighted by molar-refractivity contribution is -0.126. The van der Waals surface area contributed by atoms with Crippen LogP contribution in [-0.4, -0.2) is 48.7 Å². The van der Waals surface area contributed by atoms with E-state index in [2.05, 4.69) is 5.32 Å². The number of ether oxygens (including phenoxy) is 2. The maximum atomic E-state index is 12.6. The summed E-state index contributed by atoms with van der Waals surface area (Å²) in [5.41, 5.74) is 1.60. The van der Waals surface area contributed by atoms with Gasteiger partial charge in [0.05, 0.1) is 6.10 Å². The highest BCUT2D eigenvalue weighted by molar-refractivity contribution is 5.86. The molecule has 2 atom stereocenters. The third-order valence-corrected chi connectivity index (χ3v) is 4.38. The van der Waals surface area contributed by atoms with E-state index in [0.717, 1.165) is 12.0 Å². The van der Waals surface area contributed by atoms with E-state index < -0.39 is 17.7 Å². The standard InChI is InChI=1S/C20H30N2O4/c1-14-8-10-15(11-9-14)17(25-5)13-21-18(23)16-7-6-12-22(16)19(24)26-20(2,3)4/h8-11,16-17H,6-7,12-13H2,1-5H3,(H,21,23). The van der Waals surface area contributed by atoms with E-state index in [1.165, 1.54) is 10.5 Å². The molecule has 2 rings (SSSR count). The second-order valence-electron chi connectivity index (χ2n) is 7.71. The van der Waals surface area contributed by atoms with Crippen molar-refractivity contribution in [2.24, 2.45) is 0 Å². The van der Waals surface area contributed by atoms with Crippen LogP contribution >= 0.6 is 0 Å². The highest BCUT2D eigenvalue weighted by Gasteiger charge is 2.36. The lowest BCUT2D eigenvalue weighted by Crippen LogP contribution is -2.48. The Hall–Kier alpha value is -2.08. The van der Waals surface area contributed by atoms with Crippen molar-refractivity contribution in [3.05, 3.63) is 35.4 Å². The topological polar surface area (TPSA) is 67.9 Å². The Morgan fingerprint density at radius 3 is 2.50 bits per heavy atom. The van der Waals surface area contributed by atoms with Crippen molar-refractivity contribution in [2.75, 3.05) is 20.2 Å². The molecule has 1 aliphatic rings. The van der Waals surface area contributed by atoms with Crippen molar-refractivity contribution in [1.82, 2.24) is 10.2 Å². The zero-order valence-electron chi connectivity index (χ0n) is 16.4. The van der Waals surface area contributed by atoms with Gasteiger partial charge >= 0.3 is 6.09 Å². The van der Waals surface area contributed by atoms with Gasteiger partial charge in [0.1, 0.15) is 11.6 Å². The minimum absolute atomic E-state index is 0.164. The van der Waals surface area contributed by atoms with Gasteiger partial charge in [-0.2, -0.15) is 0 Å². The number of amides is 2. The summed E-state index contributed by atoms with van der Waals surface area (Å²) < 4.78 is 10.9. The lowest BCUT2D eigenvalue weighted by Gasteiger charge is -2.28. The largest absolute Gasteiger partial charge is 0.444 e. The molecule has 26 heavy (non-hydrogen) atoms. The third kappa shape index (κ3) is 5.46. The second-order valence-corrected chi connectivity index (χ2v) is 7.71. The molecule has 0 aromatic heterocycles. The van der Waals surface area contributed by atoms with E-state index in [0.29, 0.717) is 19.5 Å². The summed E-state index contributed by atoms with van der Waals surface area (Å²) in [5.74, 6) is -0.164. The maximum absolute atomic E-state index is 12.6. The number of nitrogens with zero attached hydrogens (tertiary/aromatic N) is 1. The fourth-order valence-electron chi connectivity index (χ4n) is 3.01. The van der Waals surface area contributed by atoms with E-state index in [1.807, 2.05) is 52.0 Å². The molecule has 1 heterocycles. The summed E-state index contributed by atoms with van der Waals surface area (Å²) in [6.45, 7) is 8.39. The Kier molecular flexibility index (Phi) is 6.64. The summed E-state index contributed by atoms with van der Waals surface area (Å²) >= 11 is 0. The fraction of sp³-hybridized carbons (Fsp3) is 0.600. The molecule has 1 N–H and O–H groups in total. The molecular weight excluding hydrogens is 332 g/mol. The van der Waals surface area contributed by atoms with Gasteiger partial charge in [0.2, 0.25) is 5.91 Å². The molecule has 144 valence electrons. The first-order valence-electron chi connectivity index (χ1n) is 9.08. The number of rotatable bonds is 5. The number of benzene rings is 1. The van der Waals surface area contributed by atoms with Gasteiger partial charge in [-0.25, -0.2) is 4.79 Å². The van der Waals surface area contributed by atoms with Crippen LogP contribution in [0, 0.1) is 6.92 Å². The Labute approximate surface area is 155 Å². The number of nitrogens with one attached hydrogen (secondary N) is 1. The molecule has 1 aromatic rings. The van der Waals surface area contributed by atoms with Gasteiger partial charge in [0, 0.05) is 20.2 Å². The Bertz CT molecular complexity index is 622. The second kappa shape index (κ2) is 8.54. The van der Waals surface area contributed by atoms with Gasteiger partial charge in [-0.3, -0.25) is 9.69 Å². The van der Waals surface area contributed by atoms with Gasteiger partial charge in [0.15, 0.2) is 0 Å². The summed E-state index contributed by atoms with van der Waals surface area (Å²) in [6, 6.07) is 7.55. The van der Waals surface area contributed by atoms with Crippen LogP contribution in [0.3, 0.4) is 0 Å². The SMILES string of the molecule is COC(CNC(=O)C1CCCN1C(=O)OC(C)(C)C)c1ccc(C)cc1. The van der Waals surface area contributed by atoms with Crippen molar-refractivity contribution in [3.63, 3.8) is 0 Å². The van der Waals surface area contributed by atoms with Crippen molar-refractivity contribution in [3.8, 4) is 0 Å². The van der Waals surface area contributed by atoms with Gasteiger partial charge in [-0.05, 0) is 46.1 Å². The Morgan fingerprint density at radius 1 is 1.27 bits per heavy atom. The van der Waals surface area contributed by atoms with Crippen LogP contribution in [0.15, 0.2) is 24.3 Å². The number of carbonyl (C=O) groups is 2. The van der Waals surface area contributed by atoms with Crippen LogP contribution in [-0.2, 0) is 14.3 Å². The molecule has 0 bridgehead atoms. The molecule has 1 fully saturated rings. The average molecular weight is 362 g/mol. The molecular formula is C20H30N2O4. The summed E-state index contributed by atoms with van der Waals surface area (Å²) in [6.07, 6.45) is 0.781. The van der Waals surface area contributed by atoms with Crippen LogP contribution < -0.4 is 5.32 Å². The highest BCUT2D eigenvalue weighted by Crippen LogP contribution is 2.22. The van der Waals surface area contributed by atoms with Crippen LogP contribution in [0.25, 0.3) is 0 Å². The molecule has 6 nitrogen and oxygen atoms in total. The van der Waals surface area contributed by atoms with Crippen molar-refractivity contribution in [2.45, 2.75) is 58.3 Å².